The maximum Gasteiger partial charge on any atom is 0.179 e. The van der Waals surface area contributed by atoms with Gasteiger partial charge in [0, 0.05) is 13.0 Å². The smallest absolute Gasteiger partial charge is 0.179 e. The summed E-state index contributed by atoms with van der Waals surface area (Å²) in [6, 6.07) is 3.59. The number of pyridine rings is 1. The molecule has 4 N–H and O–H groups in total. The van der Waals surface area contributed by atoms with Gasteiger partial charge in [0.1, 0.15) is 11.6 Å². The van der Waals surface area contributed by atoms with Crippen LogP contribution in [0, 0.1) is 0 Å². The summed E-state index contributed by atoms with van der Waals surface area (Å²) in [5, 5.41) is 8.67. The zero-order valence-corrected chi connectivity index (χ0v) is 7.70. The summed E-state index contributed by atoms with van der Waals surface area (Å²) >= 11 is 0. The molecule has 5 nitrogen and oxygen atoms in total. The first kappa shape index (κ1) is 8.96. The Morgan fingerprint density at radius 2 is 2.21 bits per heavy atom. The molecule has 0 aliphatic heterocycles. The highest BCUT2D eigenvalue weighted by Crippen LogP contribution is 2.11. The minimum atomic E-state index is 0.173. The second-order valence-electron chi connectivity index (χ2n) is 3.12. The minimum absolute atomic E-state index is 0.173. The van der Waals surface area contributed by atoms with Gasteiger partial charge in [0.2, 0.25) is 0 Å². The van der Waals surface area contributed by atoms with Crippen molar-refractivity contribution in [3.8, 4) is 0 Å². The van der Waals surface area contributed by atoms with Crippen molar-refractivity contribution in [2.75, 3.05) is 12.3 Å². The van der Waals surface area contributed by atoms with Crippen LogP contribution in [0.5, 0.6) is 0 Å². The molecule has 0 atom stereocenters. The van der Waals surface area contributed by atoms with Crippen molar-refractivity contribution in [3.05, 3.63) is 18.0 Å². The third kappa shape index (κ3) is 1.67. The fraction of sp³-hybridized carbons (Fsp3) is 0.333. The van der Waals surface area contributed by atoms with E-state index in [-0.39, 0.29) is 6.61 Å². The van der Waals surface area contributed by atoms with E-state index < -0.39 is 0 Å². The normalized spacial score (nSPS) is 10.9. The maximum absolute atomic E-state index is 8.67. The average Bonchev–Trinajstić information content (AvgIpc) is 2.56. The zero-order chi connectivity index (χ0) is 9.97. The molecule has 2 aromatic heterocycles. The topological polar surface area (TPSA) is 87.8 Å². The molecule has 14 heavy (non-hydrogen) atoms. The van der Waals surface area contributed by atoms with Crippen molar-refractivity contribution in [2.24, 2.45) is 0 Å². The van der Waals surface area contributed by atoms with E-state index in [4.69, 9.17) is 10.8 Å². The summed E-state index contributed by atoms with van der Waals surface area (Å²) in [5.41, 5.74) is 7.05. The Morgan fingerprint density at radius 1 is 1.36 bits per heavy atom. The molecule has 2 heterocycles. The number of hydrogen-bond acceptors (Lipinski definition) is 4. The van der Waals surface area contributed by atoms with Gasteiger partial charge in [0.05, 0.1) is 5.52 Å². The number of aliphatic hydroxyl groups is 1. The number of anilines is 1. The second-order valence-corrected chi connectivity index (χ2v) is 3.12. The van der Waals surface area contributed by atoms with E-state index in [1.807, 2.05) is 6.07 Å². The van der Waals surface area contributed by atoms with Gasteiger partial charge in [-0.25, -0.2) is 9.97 Å². The molecule has 2 aromatic rings. The lowest BCUT2D eigenvalue weighted by Gasteiger charge is -1.90. The number of rotatable bonds is 3. The van der Waals surface area contributed by atoms with Crippen LogP contribution in [0.25, 0.3) is 11.2 Å². The van der Waals surface area contributed by atoms with Gasteiger partial charge in [-0.2, -0.15) is 0 Å². The van der Waals surface area contributed by atoms with E-state index in [1.165, 1.54) is 0 Å². The molecule has 0 aromatic carbocycles. The molecule has 0 unspecified atom stereocenters. The lowest BCUT2D eigenvalue weighted by atomic mass is 10.3. The number of aliphatic hydroxyl groups excluding tert-OH is 1. The van der Waals surface area contributed by atoms with Crippen LogP contribution >= 0.6 is 0 Å². The molecule has 0 fully saturated rings. The number of fused-ring (bicyclic) bond motifs is 1. The molecule has 74 valence electrons. The van der Waals surface area contributed by atoms with Crippen molar-refractivity contribution in [3.63, 3.8) is 0 Å². The van der Waals surface area contributed by atoms with E-state index in [0.717, 1.165) is 17.8 Å². The van der Waals surface area contributed by atoms with Crippen molar-refractivity contribution in [2.45, 2.75) is 12.8 Å². The van der Waals surface area contributed by atoms with Crippen LogP contribution in [0.2, 0.25) is 0 Å². The lowest BCUT2D eigenvalue weighted by molar-refractivity contribution is 0.287. The third-order valence-corrected chi connectivity index (χ3v) is 1.99. The summed E-state index contributed by atoms with van der Waals surface area (Å²) in [7, 11) is 0. The van der Waals surface area contributed by atoms with Crippen LogP contribution in [0.15, 0.2) is 12.1 Å². The molecular formula is C9H12N4O. The predicted molar refractivity (Wildman–Crippen MR) is 53.7 cm³/mol. The van der Waals surface area contributed by atoms with Crippen molar-refractivity contribution < 1.29 is 5.11 Å². The van der Waals surface area contributed by atoms with Gasteiger partial charge in [-0.15, -0.1) is 0 Å². The highest BCUT2D eigenvalue weighted by molar-refractivity contribution is 5.72. The number of nitrogen functional groups attached to an aromatic ring is 1. The van der Waals surface area contributed by atoms with Crippen LogP contribution in [0.4, 0.5) is 5.82 Å². The number of nitrogens with zero attached hydrogens (tertiary/aromatic N) is 2. The monoisotopic (exact) mass is 192 g/mol. The molecule has 5 heteroatoms. The SMILES string of the molecule is Nc1ccc2[nH]c(CCCO)nc2n1. The van der Waals surface area contributed by atoms with E-state index in [2.05, 4.69) is 15.0 Å². The third-order valence-electron chi connectivity index (χ3n) is 1.99. The van der Waals surface area contributed by atoms with Crippen LogP contribution in [-0.4, -0.2) is 26.7 Å². The van der Waals surface area contributed by atoms with Crippen LogP contribution in [-0.2, 0) is 6.42 Å². The van der Waals surface area contributed by atoms with Gasteiger partial charge in [-0.1, -0.05) is 0 Å². The van der Waals surface area contributed by atoms with Gasteiger partial charge in [-0.3, -0.25) is 0 Å². The van der Waals surface area contributed by atoms with Gasteiger partial charge in [0.15, 0.2) is 5.65 Å². The Morgan fingerprint density at radius 3 is 3.00 bits per heavy atom. The Balaban J connectivity index is 2.32. The van der Waals surface area contributed by atoms with Crippen LogP contribution in [0.1, 0.15) is 12.2 Å². The second kappa shape index (κ2) is 3.63. The molecule has 0 radical (unpaired) electrons. The molecule has 0 spiro atoms. The Bertz CT molecular complexity index is 437. The first-order chi connectivity index (χ1) is 6.79. The minimum Gasteiger partial charge on any atom is -0.396 e. The van der Waals surface area contributed by atoms with Crippen LogP contribution < -0.4 is 5.73 Å². The highest BCUT2D eigenvalue weighted by Gasteiger charge is 2.03. The van der Waals surface area contributed by atoms with E-state index in [9.17, 15) is 0 Å². The zero-order valence-electron chi connectivity index (χ0n) is 7.70. The quantitative estimate of drug-likeness (QED) is 0.659. The summed E-state index contributed by atoms with van der Waals surface area (Å²) < 4.78 is 0. The number of aryl methyl sites for hydroxylation is 1. The average molecular weight is 192 g/mol. The molecular weight excluding hydrogens is 180 g/mol. The highest BCUT2D eigenvalue weighted by atomic mass is 16.2. The lowest BCUT2D eigenvalue weighted by Crippen LogP contribution is -1.91. The van der Waals surface area contributed by atoms with Crippen molar-refractivity contribution in [1.82, 2.24) is 15.0 Å². The molecule has 0 saturated heterocycles. The van der Waals surface area contributed by atoms with Gasteiger partial charge in [-0.05, 0) is 18.6 Å². The maximum atomic E-state index is 8.67. The van der Waals surface area contributed by atoms with E-state index >= 15 is 0 Å². The number of imidazole rings is 1. The number of H-pyrrole nitrogens is 1. The van der Waals surface area contributed by atoms with Gasteiger partial charge in [0.25, 0.3) is 0 Å². The summed E-state index contributed by atoms with van der Waals surface area (Å²) in [5.74, 6) is 1.31. The van der Waals surface area contributed by atoms with E-state index in [0.29, 0.717) is 17.9 Å². The first-order valence-corrected chi connectivity index (χ1v) is 4.51. The number of aromatic nitrogens is 3. The molecule has 0 aliphatic carbocycles. The molecule has 0 aliphatic rings. The molecule has 2 rings (SSSR count). The number of nitrogens with one attached hydrogen (secondary N) is 1. The number of nitrogens with two attached hydrogens (primary N) is 1. The molecule has 0 bridgehead atoms. The summed E-state index contributed by atoms with van der Waals surface area (Å²) in [6.45, 7) is 0.173. The van der Waals surface area contributed by atoms with Crippen molar-refractivity contribution >= 4 is 17.0 Å². The number of hydrogen-bond donors (Lipinski definition) is 3. The fourth-order valence-electron chi connectivity index (χ4n) is 1.32. The Labute approximate surface area is 81.0 Å². The standard InChI is InChI=1S/C9H12N4O/c10-7-4-3-6-9(12-7)13-8(11-6)2-1-5-14/h3-4,14H,1-2,5H2,(H3,10,11,12,13). The molecule has 0 amide bonds. The number of aromatic amines is 1. The summed E-state index contributed by atoms with van der Waals surface area (Å²) in [6.07, 6.45) is 1.43. The first-order valence-electron chi connectivity index (χ1n) is 4.51. The van der Waals surface area contributed by atoms with Gasteiger partial charge < -0.3 is 15.8 Å². The predicted octanol–water partition coefficient (Wildman–Crippen LogP) is 0.465. The summed E-state index contributed by atoms with van der Waals surface area (Å²) in [4.78, 5) is 11.4. The Kier molecular flexibility index (Phi) is 2.32. The largest absolute Gasteiger partial charge is 0.396 e. The van der Waals surface area contributed by atoms with Gasteiger partial charge >= 0.3 is 0 Å². The van der Waals surface area contributed by atoms with E-state index in [1.54, 1.807) is 6.07 Å². The molecule has 0 saturated carbocycles. The van der Waals surface area contributed by atoms with Crippen LogP contribution in [0.3, 0.4) is 0 Å². The fourth-order valence-corrected chi connectivity index (χ4v) is 1.32. The Hall–Kier alpha value is -1.62. The van der Waals surface area contributed by atoms with Crippen molar-refractivity contribution in [1.29, 1.82) is 0 Å².